The van der Waals surface area contributed by atoms with Crippen LogP contribution in [0.15, 0.2) is 36.4 Å². The van der Waals surface area contributed by atoms with Gasteiger partial charge in [-0.3, -0.25) is 4.79 Å². The number of carbonyl (C=O) groups is 1. The van der Waals surface area contributed by atoms with Crippen LogP contribution in [0.4, 0.5) is 0 Å². The van der Waals surface area contributed by atoms with Crippen LogP contribution in [0.25, 0.3) is 22.2 Å². The molecular formula is C28H37N3O5. The number of likely N-dealkylation sites (tertiary alicyclic amines) is 1. The summed E-state index contributed by atoms with van der Waals surface area (Å²) < 4.78 is 16.7. The molecule has 1 saturated heterocycles. The summed E-state index contributed by atoms with van der Waals surface area (Å²) in [6.07, 6.45) is 1.30. The van der Waals surface area contributed by atoms with Gasteiger partial charge in [0.15, 0.2) is 18.1 Å². The number of aliphatic hydroxyl groups is 1. The zero-order chi connectivity index (χ0) is 25.9. The van der Waals surface area contributed by atoms with Gasteiger partial charge in [0, 0.05) is 36.1 Å². The maximum atomic E-state index is 12.4. The Balaban J connectivity index is 1.49. The van der Waals surface area contributed by atoms with E-state index in [4.69, 9.17) is 14.2 Å². The van der Waals surface area contributed by atoms with Gasteiger partial charge in [-0.1, -0.05) is 13.8 Å². The molecule has 1 aromatic heterocycles. The van der Waals surface area contributed by atoms with E-state index >= 15 is 0 Å². The first-order valence-corrected chi connectivity index (χ1v) is 12.4. The highest BCUT2D eigenvalue weighted by Crippen LogP contribution is 2.39. The molecule has 1 aliphatic rings. The number of H-pyrrole nitrogens is 1. The first-order valence-electron chi connectivity index (χ1n) is 12.4. The van der Waals surface area contributed by atoms with Crippen molar-refractivity contribution in [2.45, 2.75) is 38.2 Å². The van der Waals surface area contributed by atoms with Gasteiger partial charge in [0.05, 0.1) is 25.5 Å². The fourth-order valence-electron chi connectivity index (χ4n) is 4.78. The van der Waals surface area contributed by atoms with Gasteiger partial charge in [-0.25, -0.2) is 0 Å². The van der Waals surface area contributed by atoms with Crippen molar-refractivity contribution in [3.05, 3.63) is 42.0 Å². The Morgan fingerprint density at radius 3 is 2.50 bits per heavy atom. The van der Waals surface area contributed by atoms with Crippen LogP contribution in [-0.2, 0) is 4.79 Å². The summed E-state index contributed by atoms with van der Waals surface area (Å²) in [7, 11) is 5.29. The molecule has 1 aliphatic heterocycles. The monoisotopic (exact) mass is 495 g/mol. The molecule has 2 heterocycles. The molecule has 8 heteroatoms. The maximum absolute atomic E-state index is 12.4. The number of piperidine rings is 1. The molecule has 0 saturated carbocycles. The lowest BCUT2D eigenvalue weighted by Crippen LogP contribution is -2.50. The van der Waals surface area contributed by atoms with Gasteiger partial charge >= 0.3 is 0 Å². The van der Waals surface area contributed by atoms with Crippen molar-refractivity contribution in [3.8, 4) is 28.5 Å². The SMILES string of the molecule is COc1ccc(-c2[nH]c3ccc(OCC(=O)NCC4(O)CCN(C)CC4)cc3c2C(C)C)cc1OC. The Hall–Kier alpha value is -3.23. The van der Waals surface area contributed by atoms with Gasteiger partial charge < -0.3 is 34.5 Å². The first kappa shape index (κ1) is 25.9. The Morgan fingerprint density at radius 2 is 1.83 bits per heavy atom. The van der Waals surface area contributed by atoms with E-state index in [1.165, 1.54) is 0 Å². The number of nitrogens with zero attached hydrogens (tertiary/aromatic N) is 1. The summed E-state index contributed by atoms with van der Waals surface area (Å²) in [5.41, 5.74) is 3.32. The van der Waals surface area contributed by atoms with E-state index in [2.05, 4.69) is 29.0 Å². The second-order valence-corrected chi connectivity index (χ2v) is 9.94. The van der Waals surface area contributed by atoms with E-state index in [0.717, 1.165) is 40.8 Å². The molecule has 1 amide bonds. The van der Waals surface area contributed by atoms with Crippen molar-refractivity contribution in [3.63, 3.8) is 0 Å². The molecular weight excluding hydrogens is 458 g/mol. The van der Waals surface area contributed by atoms with Gasteiger partial charge in [0.25, 0.3) is 5.91 Å². The standard InChI is InChI=1S/C28H37N3O5/c1-18(2)26-21-15-20(36-16-25(32)29-17-28(33)10-12-31(3)13-11-28)7-8-22(21)30-27(26)19-6-9-23(34-4)24(14-19)35-5/h6-9,14-15,18,30,33H,10-13,16-17H2,1-5H3,(H,29,32). The minimum atomic E-state index is -0.848. The molecule has 3 N–H and O–H groups in total. The highest BCUT2D eigenvalue weighted by molar-refractivity contribution is 5.92. The van der Waals surface area contributed by atoms with Crippen LogP contribution >= 0.6 is 0 Å². The lowest BCUT2D eigenvalue weighted by molar-refractivity contribution is -0.124. The third-order valence-corrected chi connectivity index (χ3v) is 6.96. The summed E-state index contributed by atoms with van der Waals surface area (Å²) >= 11 is 0. The number of ether oxygens (including phenoxy) is 3. The van der Waals surface area contributed by atoms with E-state index in [1.807, 2.05) is 43.4 Å². The quantitative estimate of drug-likeness (QED) is 0.416. The van der Waals surface area contributed by atoms with E-state index < -0.39 is 5.60 Å². The van der Waals surface area contributed by atoms with Gasteiger partial charge in [-0.2, -0.15) is 0 Å². The minimum absolute atomic E-state index is 0.106. The van der Waals surface area contributed by atoms with Crippen molar-refractivity contribution in [1.29, 1.82) is 0 Å². The van der Waals surface area contributed by atoms with Crippen LogP contribution < -0.4 is 19.5 Å². The molecule has 36 heavy (non-hydrogen) atoms. The van der Waals surface area contributed by atoms with Crippen LogP contribution in [0.5, 0.6) is 17.2 Å². The van der Waals surface area contributed by atoms with Crippen LogP contribution in [0.1, 0.15) is 38.2 Å². The molecule has 8 nitrogen and oxygen atoms in total. The molecule has 2 aromatic carbocycles. The second-order valence-electron chi connectivity index (χ2n) is 9.94. The highest BCUT2D eigenvalue weighted by Gasteiger charge is 2.31. The van der Waals surface area contributed by atoms with E-state index in [0.29, 0.717) is 30.1 Å². The lowest BCUT2D eigenvalue weighted by atomic mass is 9.91. The number of rotatable bonds is 9. The average molecular weight is 496 g/mol. The predicted molar refractivity (Wildman–Crippen MR) is 141 cm³/mol. The molecule has 0 atom stereocenters. The smallest absolute Gasteiger partial charge is 0.258 e. The minimum Gasteiger partial charge on any atom is -0.493 e. The third-order valence-electron chi connectivity index (χ3n) is 6.96. The summed E-state index contributed by atoms with van der Waals surface area (Å²) in [5.74, 6) is 1.97. The lowest BCUT2D eigenvalue weighted by Gasteiger charge is -2.36. The zero-order valence-electron chi connectivity index (χ0n) is 21.8. The predicted octanol–water partition coefficient (Wildman–Crippen LogP) is 3.93. The van der Waals surface area contributed by atoms with Gasteiger partial charge in [0.2, 0.25) is 0 Å². The number of fused-ring (bicyclic) bond motifs is 1. The van der Waals surface area contributed by atoms with Crippen molar-refractivity contribution in [2.24, 2.45) is 0 Å². The number of amides is 1. The Bertz CT molecular complexity index is 1210. The molecule has 0 spiro atoms. The summed E-state index contributed by atoms with van der Waals surface area (Å²) in [6.45, 7) is 6.09. The second kappa shape index (κ2) is 10.8. The number of hydrogen-bond donors (Lipinski definition) is 3. The number of nitrogens with one attached hydrogen (secondary N) is 2. The fraction of sp³-hybridized carbons (Fsp3) is 0.464. The van der Waals surface area contributed by atoms with Gasteiger partial charge in [-0.15, -0.1) is 0 Å². The molecule has 0 aliphatic carbocycles. The number of aromatic amines is 1. The van der Waals surface area contributed by atoms with Crippen molar-refractivity contribution >= 4 is 16.8 Å². The fourth-order valence-corrected chi connectivity index (χ4v) is 4.78. The van der Waals surface area contributed by atoms with E-state index in [9.17, 15) is 9.90 Å². The van der Waals surface area contributed by atoms with Crippen molar-refractivity contribution in [2.75, 3.05) is 47.5 Å². The highest BCUT2D eigenvalue weighted by atomic mass is 16.5. The largest absolute Gasteiger partial charge is 0.493 e. The topological polar surface area (TPSA) is 96.0 Å². The molecule has 194 valence electrons. The Labute approximate surface area is 212 Å². The summed E-state index contributed by atoms with van der Waals surface area (Å²) in [5, 5.41) is 14.6. The van der Waals surface area contributed by atoms with Crippen LogP contribution in [0, 0.1) is 0 Å². The van der Waals surface area contributed by atoms with Gasteiger partial charge in [-0.05, 0) is 67.8 Å². The number of methoxy groups -OCH3 is 2. The molecule has 0 radical (unpaired) electrons. The zero-order valence-corrected chi connectivity index (χ0v) is 21.8. The number of benzene rings is 2. The van der Waals surface area contributed by atoms with E-state index in [1.54, 1.807) is 14.2 Å². The summed E-state index contributed by atoms with van der Waals surface area (Å²) in [4.78, 5) is 18.1. The summed E-state index contributed by atoms with van der Waals surface area (Å²) in [6, 6.07) is 11.7. The van der Waals surface area contributed by atoms with E-state index in [-0.39, 0.29) is 25.0 Å². The van der Waals surface area contributed by atoms with Crippen LogP contribution in [0.2, 0.25) is 0 Å². The number of carbonyl (C=O) groups excluding carboxylic acids is 1. The Morgan fingerprint density at radius 1 is 1.11 bits per heavy atom. The normalized spacial score (nSPS) is 15.8. The maximum Gasteiger partial charge on any atom is 0.258 e. The molecule has 3 aromatic rings. The molecule has 4 rings (SSSR count). The average Bonchev–Trinajstić information content (AvgIpc) is 3.27. The Kier molecular flexibility index (Phi) is 7.76. The first-order chi connectivity index (χ1) is 17.2. The van der Waals surface area contributed by atoms with Gasteiger partial charge in [0.1, 0.15) is 5.75 Å². The molecule has 0 bridgehead atoms. The van der Waals surface area contributed by atoms with Crippen molar-refractivity contribution < 1.29 is 24.1 Å². The molecule has 1 fully saturated rings. The number of aromatic nitrogens is 1. The van der Waals surface area contributed by atoms with Crippen molar-refractivity contribution in [1.82, 2.24) is 15.2 Å². The number of hydrogen-bond acceptors (Lipinski definition) is 6. The third kappa shape index (κ3) is 5.60. The molecule has 0 unspecified atom stereocenters. The van der Waals surface area contributed by atoms with Crippen LogP contribution in [-0.4, -0.2) is 74.0 Å². The van der Waals surface area contributed by atoms with Crippen LogP contribution in [0.3, 0.4) is 0 Å².